The van der Waals surface area contributed by atoms with Crippen LogP contribution in [0, 0.1) is 6.92 Å². The van der Waals surface area contributed by atoms with E-state index in [2.05, 4.69) is 34.8 Å². The van der Waals surface area contributed by atoms with Crippen molar-refractivity contribution in [1.29, 1.82) is 0 Å². The molecule has 0 bridgehead atoms. The number of rotatable bonds is 2. The van der Waals surface area contributed by atoms with Crippen LogP contribution in [0.4, 0.5) is 0 Å². The largest absolute Gasteiger partial charge is 0.474 e. The molecule has 1 fully saturated rings. The molecule has 2 atom stereocenters. The van der Waals surface area contributed by atoms with E-state index in [-0.39, 0.29) is 18.3 Å². The third-order valence-electron chi connectivity index (χ3n) is 2.94. The fraction of sp³-hybridized carbons (Fsp3) is 0.615. The van der Waals surface area contributed by atoms with Crippen molar-refractivity contribution in [3.8, 4) is 5.88 Å². The van der Waals surface area contributed by atoms with Gasteiger partial charge in [-0.05, 0) is 42.8 Å². The molecule has 1 aromatic heterocycles. The second kappa shape index (κ2) is 5.36. The zero-order chi connectivity index (χ0) is 12.4. The van der Waals surface area contributed by atoms with Crippen molar-refractivity contribution in [2.45, 2.75) is 51.9 Å². The third-order valence-corrected chi connectivity index (χ3v) is 3.78. The van der Waals surface area contributed by atoms with Crippen LogP contribution in [0.2, 0.25) is 0 Å². The first-order valence-electron chi connectivity index (χ1n) is 6.00. The second-order valence-electron chi connectivity index (χ2n) is 4.69. The summed E-state index contributed by atoms with van der Waals surface area (Å²) < 4.78 is 12.6. The lowest BCUT2D eigenvalue weighted by Gasteiger charge is -2.31. The summed E-state index contributed by atoms with van der Waals surface area (Å²) in [5.74, 6) is 0.706. The highest BCUT2D eigenvalue weighted by molar-refractivity contribution is 9.10. The number of hydrogen-bond donors (Lipinski definition) is 0. The number of nitrogens with zero attached hydrogens (tertiary/aromatic N) is 1. The average Bonchev–Trinajstić information content (AvgIpc) is 2.22. The molecule has 3 nitrogen and oxygen atoms in total. The standard InChI is InChI=1S/C13H18BrNO2/c1-8-6-11(7-9(2)16-8)17-13-5-4-12(14)10(3)15-13/h4-5,8-9,11H,6-7H2,1-3H3. The van der Waals surface area contributed by atoms with Crippen LogP contribution >= 0.6 is 15.9 Å². The zero-order valence-electron chi connectivity index (χ0n) is 10.4. The van der Waals surface area contributed by atoms with Crippen molar-refractivity contribution in [2.24, 2.45) is 0 Å². The summed E-state index contributed by atoms with van der Waals surface area (Å²) in [4.78, 5) is 4.41. The highest BCUT2D eigenvalue weighted by Crippen LogP contribution is 2.24. The Morgan fingerprint density at radius 2 is 1.94 bits per heavy atom. The van der Waals surface area contributed by atoms with Gasteiger partial charge in [-0.3, -0.25) is 0 Å². The summed E-state index contributed by atoms with van der Waals surface area (Å²) in [7, 11) is 0. The maximum Gasteiger partial charge on any atom is 0.213 e. The monoisotopic (exact) mass is 299 g/mol. The minimum atomic E-state index is 0.210. The summed E-state index contributed by atoms with van der Waals surface area (Å²) in [5.41, 5.74) is 0.954. The molecule has 0 aliphatic carbocycles. The van der Waals surface area contributed by atoms with E-state index < -0.39 is 0 Å². The molecule has 1 aromatic rings. The van der Waals surface area contributed by atoms with E-state index in [1.165, 1.54) is 0 Å². The third kappa shape index (κ3) is 3.42. The van der Waals surface area contributed by atoms with Crippen molar-refractivity contribution >= 4 is 15.9 Å². The Balaban J connectivity index is 2.02. The molecule has 2 rings (SSSR count). The van der Waals surface area contributed by atoms with Gasteiger partial charge in [-0.1, -0.05) is 0 Å². The van der Waals surface area contributed by atoms with Crippen molar-refractivity contribution in [3.05, 3.63) is 22.3 Å². The Labute approximate surface area is 111 Å². The highest BCUT2D eigenvalue weighted by Gasteiger charge is 2.26. The Morgan fingerprint density at radius 1 is 1.29 bits per heavy atom. The minimum absolute atomic E-state index is 0.210. The number of aryl methyl sites for hydroxylation is 1. The lowest BCUT2D eigenvalue weighted by Crippen LogP contribution is -2.35. The van der Waals surface area contributed by atoms with Gasteiger partial charge in [0.1, 0.15) is 6.10 Å². The van der Waals surface area contributed by atoms with Crippen LogP contribution in [0.15, 0.2) is 16.6 Å². The number of hydrogen-bond acceptors (Lipinski definition) is 3. The summed E-state index contributed by atoms with van der Waals surface area (Å²) in [6.45, 7) is 6.14. The first kappa shape index (κ1) is 12.8. The van der Waals surface area contributed by atoms with Gasteiger partial charge < -0.3 is 9.47 Å². The molecule has 2 heterocycles. The molecule has 0 N–H and O–H groups in total. The van der Waals surface area contributed by atoms with E-state index in [0.29, 0.717) is 5.88 Å². The summed E-state index contributed by atoms with van der Waals surface area (Å²) in [5, 5.41) is 0. The smallest absolute Gasteiger partial charge is 0.213 e. The molecule has 0 saturated carbocycles. The maximum absolute atomic E-state index is 5.92. The van der Waals surface area contributed by atoms with Crippen LogP contribution < -0.4 is 4.74 Å². The van der Waals surface area contributed by atoms with E-state index >= 15 is 0 Å². The molecule has 0 radical (unpaired) electrons. The molecule has 1 aliphatic heterocycles. The summed E-state index contributed by atoms with van der Waals surface area (Å²) >= 11 is 3.44. The predicted molar refractivity (Wildman–Crippen MR) is 70.3 cm³/mol. The van der Waals surface area contributed by atoms with Gasteiger partial charge in [0.15, 0.2) is 0 Å². The van der Waals surface area contributed by atoms with Crippen molar-refractivity contribution < 1.29 is 9.47 Å². The Kier molecular flexibility index (Phi) is 4.05. The molecule has 0 spiro atoms. The average molecular weight is 300 g/mol. The highest BCUT2D eigenvalue weighted by atomic mass is 79.9. The van der Waals surface area contributed by atoms with Gasteiger partial charge >= 0.3 is 0 Å². The Morgan fingerprint density at radius 3 is 2.53 bits per heavy atom. The van der Waals surface area contributed by atoms with E-state index in [4.69, 9.17) is 9.47 Å². The summed E-state index contributed by atoms with van der Waals surface area (Å²) in [6, 6.07) is 3.88. The first-order valence-corrected chi connectivity index (χ1v) is 6.79. The maximum atomic E-state index is 5.92. The molecule has 0 amide bonds. The van der Waals surface area contributed by atoms with Crippen LogP contribution in [0.1, 0.15) is 32.4 Å². The van der Waals surface area contributed by atoms with Crippen LogP contribution in [0.5, 0.6) is 5.88 Å². The molecular formula is C13H18BrNO2. The van der Waals surface area contributed by atoms with E-state index in [1.54, 1.807) is 0 Å². The van der Waals surface area contributed by atoms with Crippen molar-refractivity contribution in [1.82, 2.24) is 4.98 Å². The molecule has 1 aliphatic rings. The Bertz CT molecular complexity index is 387. The zero-order valence-corrected chi connectivity index (χ0v) is 12.0. The predicted octanol–water partition coefficient (Wildman–Crippen LogP) is 3.49. The normalized spacial score (nSPS) is 29.1. The van der Waals surface area contributed by atoms with E-state index in [9.17, 15) is 0 Å². The van der Waals surface area contributed by atoms with Crippen LogP contribution in [-0.2, 0) is 4.74 Å². The van der Waals surface area contributed by atoms with Gasteiger partial charge in [0.2, 0.25) is 5.88 Å². The van der Waals surface area contributed by atoms with Crippen molar-refractivity contribution in [2.75, 3.05) is 0 Å². The van der Waals surface area contributed by atoms with Crippen molar-refractivity contribution in [3.63, 3.8) is 0 Å². The lowest BCUT2D eigenvalue weighted by molar-refractivity contribution is -0.0729. The molecular weight excluding hydrogens is 282 g/mol. The molecule has 17 heavy (non-hydrogen) atoms. The van der Waals surface area contributed by atoms with Gasteiger partial charge in [0.25, 0.3) is 0 Å². The molecule has 94 valence electrons. The van der Waals surface area contributed by atoms with Gasteiger partial charge in [-0.25, -0.2) is 4.98 Å². The first-order chi connectivity index (χ1) is 8.04. The number of ether oxygens (including phenoxy) is 2. The van der Waals surface area contributed by atoms with E-state index in [1.807, 2.05) is 19.1 Å². The topological polar surface area (TPSA) is 31.4 Å². The Hall–Kier alpha value is -0.610. The molecule has 0 aromatic carbocycles. The SMILES string of the molecule is Cc1nc(OC2CC(C)OC(C)C2)ccc1Br. The molecule has 2 unspecified atom stereocenters. The van der Waals surface area contributed by atoms with Crippen LogP contribution in [0.3, 0.4) is 0 Å². The van der Waals surface area contributed by atoms with Crippen LogP contribution in [-0.4, -0.2) is 23.3 Å². The fourth-order valence-electron chi connectivity index (χ4n) is 2.20. The van der Waals surface area contributed by atoms with Gasteiger partial charge in [-0.2, -0.15) is 0 Å². The number of aromatic nitrogens is 1. The summed E-state index contributed by atoms with van der Waals surface area (Å²) in [6.07, 6.45) is 2.60. The van der Waals surface area contributed by atoms with Crippen LogP contribution in [0.25, 0.3) is 0 Å². The van der Waals surface area contributed by atoms with E-state index in [0.717, 1.165) is 23.0 Å². The lowest BCUT2D eigenvalue weighted by atomic mass is 10.0. The van der Waals surface area contributed by atoms with Gasteiger partial charge in [0.05, 0.1) is 17.9 Å². The van der Waals surface area contributed by atoms with Gasteiger partial charge in [-0.15, -0.1) is 0 Å². The van der Waals surface area contributed by atoms with Gasteiger partial charge in [0, 0.05) is 23.4 Å². The second-order valence-corrected chi connectivity index (χ2v) is 5.54. The fourth-order valence-corrected chi connectivity index (χ4v) is 2.42. The molecule has 1 saturated heterocycles. The quantitative estimate of drug-likeness (QED) is 0.838. The number of pyridine rings is 1. The number of halogens is 1. The molecule has 4 heteroatoms. The minimum Gasteiger partial charge on any atom is -0.474 e.